The first-order valence-electron chi connectivity index (χ1n) is 5.90. The second kappa shape index (κ2) is 4.63. The number of rotatable bonds is 4. The Kier molecular flexibility index (Phi) is 3.22. The molecule has 1 aliphatic rings. The van der Waals surface area contributed by atoms with E-state index < -0.39 is 0 Å². The van der Waals surface area contributed by atoms with Crippen molar-refractivity contribution in [1.82, 2.24) is 20.1 Å². The molecule has 0 spiro atoms. The molecule has 5 nitrogen and oxygen atoms in total. The lowest BCUT2D eigenvalue weighted by Gasteiger charge is -2.33. The van der Waals surface area contributed by atoms with E-state index in [0.29, 0.717) is 11.9 Å². The van der Waals surface area contributed by atoms with Crippen molar-refractivity contribution in [3.8, 4) is 0 Å². The van der Waals surface area contributed by atoms with E-state index in [4.69, 9.17) is 0 Å². The van der Waals surface area contributed by atoms with Crippen LogP contribution in [0, 0.1) is 0 Å². The minimum Gasteiger partial charge on any atom is -0.336 e. The van der Waals surface area contributed by atoms with Crippen LogP contribution in [0.3, 0.4) is 0 Å². The van der Waals surface area contributed by atoms with E-state index in [1.54, 1.807) is 4.90 Å². The number of aryl methyl sites for hydroxylation is 1. The third kappa shape index (κ3) is 2.08. The van der Waals surface area contributed by atoms with E-state index in [-0.39, 0.29) is 5.91 Å². The zero-order chi connectivity index (χ0) is 11.5. The van der Waals surface area contributed by atoms with E-state index in [0.717, 1.165) is 31.5 Å². The summed E-state index contributed by atoms with van der Waals surface area (Å²) in [5.74, 6) is 1.04. The number of nitrogens with one attached hydrogen (secondary N) is 1. The summed E-state index contributed by atoms with van der Waals surface area (Å²) < 4.78 is 0. The Balaban J connectivity index is 2.01. The topological polar surface area (TPSA) is 61.9 Å². The Morgan fingerprint density at radius 1 is 1.56 bits per heavy atom. The van der Waals surface area contributed by atoms with E-state index in [9.17, 15) is 4.79 Å². The minimum atomic E-state index is -0.0664. The van der Waals surface area contributed by atoms with Crippen molar-refractivity contribution in [2.45, 2.75) is 45.1 Å². The number of hydrogen-bond acceptors (Lipinski definition) is 3. The van der Waals surface area contributed by atoms with Crippen molar-refractivity contribution in [3.63, 3.8) is 0 Å². The Morgan fingerprint density at radius 3 is 2.88 bits per heavy atom. The number of aromatic nitrogens is 3. The minimum absolute atomic E-state index is 0.0664. The largest absolute Gasteiger partial charge is 0.336 e. The maximum atomic E-state index is 12.0. The van der Waals surface area contributed by atoms with Gasteiger partial charge in [0.15, 0.2) is 0 Å². The van der Waals surface area contributed by atoms with Crippen LogP contribution in [0.25, 0.3) is 0 Å². The first-order chi connectivity index (χ1) is 7.72. The summed E-state index contributed by atoms with van der Waals surface area (Å²) in [4.78, 5) is 17.9. The highest BCUT2D eigenvalue weighted by molar-refractivity contribution is 5.90. The number of hydrogen-bond donors (Lipinski definition) is 1. The zero-order valence-electron chi connectivity index (χ0n) is 9.86. The van der Waals surface area contributed by atoms with Gasteiger partial charge >= 0.3 is 0 Å². The first-order valence-corrected chi connectivity index (χ1v) is 5.90. The smallest absolute Gasteiger partial charge is 0.293 e. The summed E-state index contributed by atoms with van der Waals surface area (Å²) >= 11 is 0. The fraction of sp³-hybridized carbons (Fsp3) is 0.727. The summed E-state index contributed by atoms with van der Waals surface area (Å²) in [6.45, 7) is 2.07. The predicted molar refractivity (Wildman–Crippen MR) is 60.1 cm³/mol. The van der Waals surface area contributed by atoms with Crippen LogP contribution in [0.4, 0.5) is 0 Å². The fourth-order valence-corrected chi connectivity index (χ4v) is 1.84. The van der Waals surface area contributed by atoms with Crippen LogP contribution >= 0.6 is 0 Å². The standard InChI is InChI=1S/C11H18N4O/c1-3-5-9-12-10(14-13-9)11(16)15(2)8-6-4-7-8/h8H,3-7H2,1-2H3,(H,12,13,14). The molecule has 5 heteroatoms. The molecule has 1 fully saturated rings. The van der Waals surface area contributed by atoms with Crippen molar-refractivity contribution in [1.29, 1.82) is 0 Å². The molecule has 1 aliphatic carbocycles. The van der Waals surface area contributed by atoms with Gasteiger partial charge in [0.2, 0.25) is 5.82 Å². The number of carbonyl (C=O) groups is 1. The predicted octanol–water partition coefficient (Wildman–Crippen LogP) is 1.38. The van der Waals surface area contributed by atoms with Gasteiger partial charge in [-0.1, -0.05) is 6.92 Å². The molecule has 1 saturated carbocycles. The lowest BCUT2D eigenvalue weighted by Crippen LogP contribution is -2.41. The molecule has 16 heavy (non-hydrogen) atoms. The van der Waals surface area contributed by atoms with E-state index in [2.05, 4.69) is 22.1 Å². The highest BCUT2D eigenvalue weighted by Crippen LogP contribution is 2.24. The molecule has 88 valence electrons. The second-order valence-electron chi connectivity index (χ2n) is 4.36. The van der Waals surface area contributed by atoms with Gasteiger partial charge in [-0.15, -0.1) is 5.10 Å². The van der Waals surface area contributed by atoms with Crippen molar-refractivity contribution >= 4 is 5.91 Å². The number of H-pyrrole nitrogens is 1. The molecule has 1 aromatic rings. The molecule has 0 saturated heterocycles. The number of nitrogens with zero attached hydrogens (tertiary/aromatic N) is 3. The van der Waals surface area contributed by atoms with Crippen LogP contribution in [0.15, 0.2) is 0 Å². The Hall–Kier alpha value is -1.39. The van der Waals surface area contributed by atoms with E-state index in [1.165, 1.54) is 6.42 Å². The van der Waals surface area contributed by atoms with Crippen LogP contribution in [0.1, 0.15) is 49.1 Å². The summed E-state index contributed by atoms with van der Waals surface area (Å²) in [6, 6.07) is 0.389. The normalized spacial score (nSPS) is 15.9. The Bertz CT molecular complexity index is 370. The van der Waals surface area contributed by atoms with Crippen molar-refractivity contribution in [3.05, 3.63) is 11.6 Å². The molecular weight excluding hydrogens is 204 g/mol. The van der Waals surface area contributed by atoms with Crippen LogP contribution in [-0.2, 0) is 6.42 Å². The maximum Gasteiger partial charge on any atom is 0.293 e. The number of carbonyl (C=O) groups excluding carboxylic acids is 1. The average molecular weight is 222 g/mol. The first kappa shape index (κ1) is 11.1. The number of amides is 1. The molecule has 0 bridgehead atoms. The molecule has 1 amide bonds. The van der Waals surface area contributed by atoms with Crippen molar-refractivity contribution < 1.29 is 4.79 Å². The van der Waals surface area contributed by atoms with Crippen LogP contribution in [0.5, 0.6) is 0 Å². The summed E-state index contributed by atoms with van der Waals surface area (Å²) in [5.41, 5.74) is 0. The van der Waals surface area contributed by atoms with Gasteiger partial charge < -0.3 is 4.90 Å². The Labute approximate surface area is 95.2 Å². The zero-order valence-corrected chi connectivity index (χ0v) is 9.86. The Morgan fingerprint density at radius 2 is 2.31 bits per heavy atom. The maximum absolute atomic E-state index is 12.0. The van der Waals surface area contributed by atoms with Gasteiger partial charge in [-0.3, -0.25) is 9.89 Å². The lowest BCUT2D eigenvalue weighted by molar-refractivity contribution is 0.0640. The molecule has 1 N–H and O–H groups in total. The lowest BCUT2D eigenvalue weighted by atomic mass is 9.92. The van der Waals surface area contributed by atoms with E-state index >= 15 is 0 Å². The molecule has 0 radical (unpaired) electrons. The van der Waals surface area contributed by atoms with Gasteiger partial charge in [-0.25, -0.2) is 4.98 Å². The van der Waals surface area contributed by atoms with Gasteiger partial charge in [-0.05, 0) is 25.7 Å². The van der Waals surface area contributed by atoms with E-state index in [1.807, 2.05) is 7.05 Å². The summed E-state index contributed by atoms with van der Waals surface area (Å²) in [6.07, 6.45) is 5.27. The molecule has 0 atom stereocenters. The summed E-state index contributed by atoms with van der Waals surface area (Å²) in [7, 11) is 1.84. The fourth-order valence-electron chi connectivity index (χ4n) is 1.84. The van der Waals surface area contributed by atoms with Gasteiger partial charge in [0.25, 0.3) is 5.91 Å². The van der Waals surface area contributed by atoms with Crippen LogP contribution in [0.2, 0.25) is 0 Å². The third-order valence-electron chi connectivity index (χ3n) is 3.15. The highest BCUT2D eigenvalue weighted by atomic mass is 16.2. The molecule has 0 aromatic carbocycles. The summed E-state index contributed by atoms with van der Waals surface area (Å²) in [5, 5.41) is 6.78. The molecule has 0 aliphatic heterocycles. The third-order valence-corrected chi connectivity index (χ3v) is 3.15. The van der Waals surface area contributed by atoms with Crippen molar-refractivity contribution in [2.75, 3.05) is 7.05 Å². The van der Waals surface area contributed by atoms with Gasteiger partial charge in [-0.2, -0.15) is 0 Å². The molecule has 2 rings (SSSR count). The SMILES string of the molecule is CCCc1nc(C(=O)N(C)C2CCC2)n[nH]1. The second-order valence-corrected chi connectivity index (χ2v) is 4.36. The van der Waals surface area contributed by atoms with Gasteiger partial charge in [0, 0.05) is 19.5 Å². The van der Waals surface area contributed by atoms with Crippen molar-refractivity contribution in [2.24, 2.45) is 0 Å². The highest BCUT2D eigenvalue weighted by Gasteiger charge is 2.28. The van der Waals surface area contributed by atoms with Crippen LogP contribution in [-0.4, -0.2) is 39.1 Å². The molecule has 1 aromatic heterocycles. The molecule has 0 unspecified atom stereocenters. The number of aromatic amines is 1. The molecular formula is C11H18N4O. The molecule has 1 heterocycles. The van der Waals surface area contributed by atoms with Gasteiger partial charge in [0.05, 0.1) is 0 Å². The van der Waals surface area contributed by atoms with Gasteiger partial charge in [0.1, 0.15) is 5.82 Å². The van der Waals surface area contributed by atoms with Crippen LogP contribution < -0.4 is 0 Å². The quantitative estimate of drug-likeness (QED) is 0.837. The average Bonchev–Trinajstić information content (AvgIpc) is 2.63. The monoisotopic (exact) mass is 222 g/mol.